The summed E-state index contributed by atoms with van der Waals surface area (Å²) in [6.07, 6.45) is -0.156. The number of tetrazole rings is 1. The van der Waals surface area contributed by atoms with Crippen LogP contribution in [-0.4, -0.2) is 121 Å². The molecule has 2 fully saturated rings. The summed E-state index contributed by atoms with van der Waals surface area (Å²) < 4.78 is 5.05. The fraction of sp³-hybridized carbons (Fsp3) is 0.424. The smallest absolute Gasteiger partial charge is 0.408 e. The lowest BCUT2D eigenvalue weighted by Gasteiger charge is -2.23. The number of aliphatic carboxylic acids is 1. The third-order valence-corrected chi connectivity index (χ3v) is 7.89. The van der Waals surface area contributed by atoms with Gasteiger partial charge in [-0.1, -0.05) is 41.6 Å². The molecule has 0 saturated carbocycles. The number of carboxylic acid groups (broad SMARTS) is 1. The lowest BCUT2D eigenvalue weighted by Crippen LogP contribution is -2.46. The molecular weight excluding hydrogens is 664 g/mol. The van der Waals surface area contributed by atoms with Crippen molar-refractivity contribution in [2.24, 2.45) is 5.73 Å². The number of carboxylic acids is 1. The van der Waals surface area contributed by atoms with E-state index in [9.17, 15) is 33.9 Å². The molecule has 3 heterocycles. The number of carbonyl (C=O) groups is 6. The van der Waals surface area contributed by atoms with Gasteiger partial charge in [-0.15, -0.1) is 10.2 Å². The van der Waals surface area contributed by atoms with Gasteiger partial charge in [0.2, 0.25) is 11.8 Å². The van der Waals surface area contributed by atoms with E-state index >= 15 is 0 Å². The van der Waals surface area contributed by atoms with Gasteiger partial charge in [-0.05, 0) is 51.5 Å². The molecule has 5 amide bonds. The molecule has 18 nitrogen and oxygen atoms in total. The SMILES string of the molecule is CC(C)(C)OC(=O)NCC(=O)N1C[C@H](NC(=O)c2ccccc2)C[C@H]1C(=O)O.NCC(=O)N1C[C@H](NC(=O)c2ccccc2)C[C@H]1c1nn[nH]n1. The average Bonchev–Trinajstić information content (AvgIpc) is 3.88. The molecule has 0 radical (unpaired) electrons. The number of likely N-dealkylation sites (tertiary alicyclic amines) is 2. The number of ether oxygens (including phenoxy) is 1. The monoisotopic (exact) mass is 706 g/mol. The predicted octanol–water partition coefficient (Wildman–Crippen LogP) is 0.226. The Morgan fingerprint density at radius 3 is 1.90 bits per heavy atom. The standard InChI is InChI=1S/C19H25N3O6.C14H17N7O2/c1-19(2,3)28-18(27)20-10-15(23)22-11-13(9-14(22)17(25)26)21-16(24)12-7-5-4-6-8-12;15-7-12(22)21-8-10(6-11(21)13-17-19-20-18-13)16-14(23)9-4-2-1-3-5-9/h4-8,13-14H,9-11H2,1-3H3,(H,20,27)(H,21,24)(H,25,26);1-5,10-11H,6-8,15H2,(H,16,23)(H,17,18,19,20)/t13-,14+;10-,11+/m11/s1. The highest BCUT2D eigenvalue weighted by Crippen LogP contribution is 2.29. The van der Waals surface area contributed by atoms with Crippen LogP contribution in [0.1, 0.15) is 66.2 Å². The van der Waals surface area contributed by atoms with Crippen molar-refractivity contribution >= 4 is 35.7 Å². The largest absolute Gasteiger partial charge is 0.480 e. The van der Waals surface area contributed by atoms with Crippen LogP contribution in [-0.2, 0) is 19.1 Å². The number of amides is 5. The number of aromatic nitrogens is 4. The molecule has 5 rings (SSSR count). The second kappa shape index (κ2) is 17.1. The Hall–Kier alpha value is -5.91. The van der Waals surface area contributed by atoms with E-state index in [1.165, 1.54) is 0 Å². The zero-order valence-electron chi connectivity index (χ0n) is 28.4. The fourth-order valence-corrected chi connectivity index (χ4v) is 5.62. The van der Waals surface area contributed by atoms with E-state index < -0.39 is 42.2 Å². The second-order valence-corrected chi connectivity index (χ2v) is 12.8. The number of alkyl carbamates (subject to hydrolysis) is 1. The van der Waals surface area contributed by atoms with Crippen LogP contribution in [0.4, 0.5) is 4.79 Å². The van der Waals surface area contributed by atoms with Crippen LogP contribution >= 0.6 is 0 Å². The van der Waals surface area contributed by atoms with Crippen LogP contribution in [0.5, 0.6) is 0 Å². The maximum Gasteiger partial charge on any atom is 0.408 e. The Labute approximate surface area is 293 Å². The second-order valence-electron chi connectivity index (χ2n) is 12.8. The molecular formula is C33H42N10O8. The summed E-state index contributed by atoms with van der Waals surface area (Å²) in [6.45, 7) is 4.99. The molecule has 3 aromatic rings. The Bertz CT molecular complexity index is 1670. The first-order chi connectivity index (χ1) is 24.3. The molecule has 51 heavy (non-hydrogen) atoms. The minimum Gasteiger partial charge on any atom is -0.480 e. The molecule has 2 aliphatic heterocycles. The number of aromatic amines is 1. The summed E-state index contributed by atoms with van der Waals surface area (Å²) in [5.74, 6) is -2.03. The van der Waals surface area contributed by atoms with Crippen LogP contribution in [0.2, 0.25) is 0 Å². The lowest BCUT2D eigenvalue weighted by atomic mass is 10.1. The molecule has 1 aromatic heterocycles. The quantitative estimate of drug-likeness (QED) is 0.175. The molecule has 7 N–H and O–H groups in total. The third-order valence-electron chi connectivity index (χ3n) is 7.89. The van der Waals surface area contributed by atoms with Crippen molar-refractivity contribution in [3.05, 3.63) is 77.6 Å². The number of H-pyrrole nitrogens is 1. The van der Waals surface area contributed by atoms with Crippen LogP contribution < -0.4 is 21.7 Å². The lowest BCUT2D eigenvalue weighted by molar-refractivity contribution is -0.147. The van der Waals surface area contributed by atoms with Crippen molar-refractivity contribution in [1.82, 2.24) is 46.4 Å². The fourth-order valence-electron chi connectivity index (χ4n) is 5.62. The van der Waals surface area contributed by atoms with Crippen molar-refractivity contribution in [3.63, 3.8) is 0 Å². The number of rotatable bonds is 9. The summed E-state index contributed by atoms with van der Waals surface area (Å²) in [5.41, 5.74) is 5.78. The molecule has 0 aliphatic carbocycles. The van der Waals surface area contributed by atoms with Crippen molar-refractivity contribution in [1.29, 1.82) is 0 Å². The highest BCUT2D eigenvalue weighted by Gasteiger charge is 2.41. The molecule has 2 aliphatic rings. The van der Waals surface area contributed by atoms with Crippen molar-refractivity contribution in [3.8, 4) is 0 Å². The summed E-state index contributed by atoms with van der Waals surface area (Å²) in [5, 5.41) is 31.2. The normalized spacial score (nSPS) is 19.7. The molecule has 0 unspecified atom stereocenters. The van der Waals surface area contributed by atoms with E-state index in [0.717, 1.165) is 4.90 Å². The van der Waals surface area contributed by atoms with E-state index in [-0.39, 0.29) is 49.3 Å². The van der Waals surface area contributed by atoms with Crippen LogP contribution in [0.15, 0.2) is 60.7 Å². The van der Waals surface area contributed by atoms with Gasteiger partial charge >= 0.3 is 12.1 Å². The van der Waals surface area contributed by atoms with Crippen LogP contribution in [0.3, 0.4) is 0 Å². The number of carbonyl (C=O) groups excluding carboxylic acids is 5. The van der Waals surface area contributed by atoms with Gasteiger partial charge in [0.25, 0.3) is 11.8 Å². The van der Waals surface area contributed by atoms with E-state index in [0.29, 0.717) is 29.9 Å². The van der Waals surface area contributed by atoms with E-state index in [4.69, 9.17) is 10.5 Å². The Kier molecular flexibility index (Phi) is 12.7. The Morgan fingerprint density at radius 2 is 1.41 bits per heavy atom. The predicted molar refractivity (Wildman–Crippen MR) is 180 cm³/mol. The van der Waals surface area contributed by atoms with Crippen LogP contribution in [0, 0.1) is 0 Å². The summed E-state index contributed by atoms with van der Waals surface area (Å²) in [7, 11) is 0. The Balaban J connectivity index is 0.000000233. The number of hydrogen-bond acceptors (Lipinski definition) is 11. The van der Waals surface area contributed by atoms with Gasteiger partial charge in [0.1, 0.15) is 18.2 Å². The Morgan fingerprint density at radius 1 is 0.863 bits per heavy atom. The van der Waals surface area contributed by atoms with Crippen molar-refractivity contribution in [2.45, 2.75) is 63.4 Å². The summed E-state index contributed by atoms with van der Waals surface area (Å²) in [6, 6.07) is 15.3. The number of hydrogen-bond donors (Lipinski definition) is 6. The van der Waals surface area contributed by atoms with E-state index in [2.05, 4.69) is 36.6 Å². The van der Waals surface area contributed by atoms with Crippen molar-refractivity contribution in [2.75, 3.05) is 26.2 Å². The first kappa shape index (κ1) is 37.9. The number of nitrogens with two attached hydrogens (primary N) is 1. The molecule has 2 saturated heterocycles. The average molecular weight is 707 g/mol. The van der Waals surface area contributed by atoms with Gasteiger partial charge in [-0.25, -0.2) is 9.59 Å². The van der Waals surface area contributed by atoms with E-state index in [1.54, 1.807) is 80.3 Å². The van der Waals surface area contributed by atoms with Gasteiger partial charge in [0.05, 0.1) is 12.6 Å². The molecule has 4 atom stereocenters. The summed E-state index contributed by atoms with van der Waals surface area (Å²) in [4.78, 5) is 74.9. The minimum absolute atomic E-state index is 0.0460. The van der Waals surface area contributed by atoms with Gasteiger partial charge < -0.3 is 41.3 Å². The molecule has 0 bridgehead atoms. The number of nitrogens with one attached hydrogen (secondary N) is 4. The zero-order valence-corrected chi connectivity index (χ0v) is 28.4. The van der Waals surface area contributed by atoms with Gasteiger partial charge in [0, 0.05) is 42.7 Å². The van der Waals surface area contributed by atoms with E-state index in [1.807, 2.05) is 6.07 Å². The van der Waals surface area contributed by atoms with Gasteiger partial charge in [0.15, 0.2) is 5.82 Å². The maximum absolute atomic E-state index is 12.4. The topological polar surface area (TPSA) is 255 Å². The zero-order chi connectivity index (χ0) is 37.1. The van der Waals surface area contributed by atoms with Crippen LogP contribution in [0.25, 0.3) is 0 Å². The molecule has 2 aromatic carbocycles. The first-order valence-electron chi connectivity index (χ1n) is 16.2. The van der Waals surface area contributed by atoms with Crippen molar-refractivity contribution < 1.29 is 38.6 Å². The number of nitrogens with zero attached hydrogens (tertiary/aromatic N) is 5. The molecule has 0 spiro atoms. The number of benzene rings is 2. The minimum atomic E-state index is -1.16. The molecule has 18 heteroatoms. The highest BCUT2D eigenvalue weighted by molar-refractivity contribution is 5.95. The van der Waals surface area contributed by atoms with Gasteiger partial charge in [-0.2, -0.15) is 5.21 Å². The molecule has 272 valence electrons. The highest BCUT2D eigenvalue weighted by atomic mass is 16.6. The third kappa shape index (κ3) is 10.8. The maximum atomic E-state index is 12.4. The summed E-state index contributed by atoms with van der Waals surface area (Å²) >= 11 is 0. The first-order valence-corrected chi connectivity index (χ1v) is 16.2. The van der Waals surface area contributed by atoms with Gasteiger partial charge in [-0.3, -0.25) is 19.2 Å².